The lowest BCUT2D eigenvalue weighted by atomic mass is 9.96. The van der Waals surface area contributed by atoms with Gasteiger partial charge in [-0.3, -0.25) is 9.78 Å². The van der Waals surface area contributed by atoms with Crippen LogP contribution in [0.15, 0.2) is 79.0 Å². The molecule has 1 amide bonds. The fourth-order valence-electron chi connectivity index (χ4n) is 5.35. The molecule has 2 N–H and O–H groups in total. The molecule has 206 valence electrons. The normalized spacial score (nSPS) is 16.6. The molecule has 5 rings (SSSR count). The summed E-state index contributed by atoms with van der Waals surface area (Å²) in [5.74, 6) is 0.276. The van der Waals surface area contributed by atoms with E-state index in [-0.39, 0.29) is 24.6 Å². The Morgan fingerprint density at radius 2 is 1.82 bits per heavy atom. The van der Waals surface area contributed by atoms with Crippen LogP contribution >= 0.6 is 12.2 Å². The largest absolute Gasteiger partial charge is 0.495 e. The van der Waals surface area contributed by atoms with Crippen LogP contribution in [-0.2, 0) is 16.1 Å². The van der Waals surface area contributed by atoms with Gasteiger partial charge in [0.1, 0.15) is 12.4 Å². The van der Waals surface area contributed by atoms with Gasteiger partial charge in [-0.25, -0.2) is 0 Å². The van der Waals surface area contributed by atoms with E-state index in [1.54, 1.807) is 13.3 Å². The number of methoxy groups -OCH3 is 2. The molecule has 40 heavy (non-hydrogen) atoms. The minimum atomic E-state index is -0.271. The molecule has 1 aliphatic heterocycles. The summed E-state index contributed by atoms with van der Waals surface area (Å²) in [5, 5.41) is 7.00. The number of carbonyl (C=O) groups is 1. The zero-order valence-corrected chi connectivity index (χ0v) is 23.9. The SMILES string of the molecule is COCC(=O)Nc1cc(N2C(=S)N[C@@H](c3ccccn3)[C@@H]2c2cc(C)n(Cc3ccccc3)c2C)ccc1OC. The number of rotatable bonds is 9. The van der Waals surface area contributed by atoms with E-state index in [0.29, 0.717) is 16.5 Å². The highest BCUT2D eigenvalue weighted by atomic mass is 32.1. The van der Waals surface area contributed by atoms with Gasteiger partial charge >= 0.3 is 0 Å². The van der Waals surface area contributed by atoms with E-state index in [1.165, 1.54) is 12.7 Å². The number of anilines is 2. The van der Waals surface area contributed by atoms with Gasteiger partial charge in [0, 0.05) is 36.9 Å². The Morgan fingerprint density at radius 3 is 2.52 bits per heavy atom. The zero-order chi connectivity index (χ0) is 28.2. The number of pyridine rings is 1. The van der Waals surface area contributed by atoms with Crippen molar-refractivity contribution in [3.63, 3.8) is 0 Å². The first-order chi connectivity index (χ1) is 19.4. The third-order valence-corrected chi connectivity index (χ3v) is 7.54. The second kappa shape index (κ2) is 11.9. The van der Waals surface area contributed by atoms with Crippen LogP contribution < -0.4 is 20.3 Å². The summed E-state index contributed by atoms with van der Waals surface area (Å²) in [7, 11) is 3.06. The summed E-state index contributed by atoms with van der Waals surface area (Å²) >= 11 is 5.94. The Balaban J connectivity index is 1.60. The average molecular weight is 556 g/mol. The van der Waals surface area contributed by atoms with Crippen molar-refractivity contribution < 1.29 is 14.3 Å². The Labute approximate surface area is 239 Å². The van der Waals surface area contributed by atoms with E-state index in [0.717, 1.165) is 34.9 Å². The molecule has 1 fully saturated rings. The first-order valence-electron chi connectivity index (χ1n) is 13.1. The molecular formula is C31H33N5O3S. The second-order valence-corrected chi connectivity index (χ2v) is 10.1. The molecule has 2 aromatic heterocycles. The molecule has 0 bridgehead atoms. The molecular weight excluding hydrogens is 522 g/mol. The topological polar surface area (TPSA) is 80.7 Å². The molecule has 1 saturated heterocycles. The van der Waals surface area contributed by atoms with E-state index in [9.17, 15) is 4.79 Å². The molecule has 0 aliphatic carbocycles. The molecule has 3 heterocycles. The number of carbonyl (C=O) groups excluding carboxylic acids is 1. The smallest absolute Gasteiger partial charge is 0.250 e. The minimum absolute atomic E-state index is 0.0607. The lowest BCUT2D eigenvalue weighted by Crippen LogP contribution is -2.29. The predicted octanol–water partition coefficient (Wildman–Crippen LogP) is 5.32. The van der Waals surface area contributed by atoms with Crippen LogP contribution in [0.4, 0.5) is 11.4 Å². The van der Waals surface area contributed by atoms with E-state index < -0.39 is 0 Å². The van der Waals surface area contributed by atoms with Crippen molar-refractivity contribution in [1.82, 2.24) is 14.9 Å². The van der Waals surface area contributed by atoms with E-state index in [1.807, 2.05) is 42.5 Å². The highest BCUT2D eigenvalue weighted by Gasteiger charge is 2.42. The van der Waals surface area contributed by atoms with Crippen LogP contribution in [0, 0.1) is 13.8 Å². The fourth-order valence-corrected chi connectivity index (χ4v) is 5.69. The first kappa shape index (κ1) is 27.4. The number of nitrogens with one attached hydrogen (secondary N) is 2. The van der Waals surface area contributed by atoms with Crippen molar-refractivity contribution in [3.05, 3.63) is 107 Å². The van der Waals surface area contributed by atoms with Crippen LogP contribution in [0.25, 0.3) is 0 Å². The van der Waals surface area contributed by atoms with Crippen LogP contribution in [0.1, 0.15) is 40.3 Å². The molecule has 0 spiro atoms. The second-order valence-electron chi connectivity index (χ2n) is 9.76. The molecule has 0 unspecified atom stereocenters. The first-order valence-corrected chi connectivity index (χ1v) is 13.5. The van der Waals surface area contributed by atoms with Gasteiger partial charge in [-0.15, -0.1) is 0 Å². The van der Waals surface area contributed by atoms with Gasteiger partial charge in [0.05, 0.1) is 30.6 Å². The van der Waals surface area contributed by atoms with Crippen molar-refractivity contribution in [2.45, 2.75) is 32.5 Å². The van der Waals surface area contributed by atoms with Gasteiger partial charge in [0.15, 0.2) is 5.11 Å². The third kappa shape index (κ3) is 5.43. The molecule has 1 aliphatic rings. The van der Waals surface area contributed by atoms with Gasteiger partial charge in [-0.05, 0) is 73.6 Å². The quantitative estimate of drug-likeness (QED) is 0.271. The maximum atomic E-state index is 12.4. The standard InChI is InChI=1S/C31H33N5O3S/c1-20-16-24(21(2)35(20)18-22-10-6-5-7-11-22)30-29(25-12-8-9-15-32-25)34-31(40)36(30)23-13-14-27(39-4)26(17-23)33-28(37)19-38-3/h5-17,29-30H,18-19H2,1-4H3,(H,33,37)(H,34,40)/t29-,30-/m0/s1. The summed E-state index contributed by atoms with van der Waals surface area (Å²) in [6, 6.07) is 23.9. The summed E-state index contributed by atoms with van der Waals surface area (Å²) in [6.45, 7) is 5.01. The molecule has 8 nitrogen and oxygen atoms in total. The third-order valence-electron chi connectivity index (χ3n) is 7.22. The monoisotopic (exact) mass is 555 g/mol. The lowest BCUT2D eigenvalue weighted by Gasteiger charge is -2.29. The molecule has 4 aromatic rings. The summed E-state index contributed by atoms with van der Waals surface area (Å²) < 4.78 is 12.9. The molecule has 0 radical (unpaired) electrons. The van der Waals surface area contributed by atoms with Crippen LogP contribution in [0.2, 0.25) is 0 Å². The van der Waals surface area contributed by atoms with Crippen molar-refractivity contribution in [1.29, 1.82) is 0 Å². The number of nitrogens with zero attached hydrogens (tertiary/aromatic N) is 3. The molecule has 2 aromatic carbocycles. The van der Waals surface area contributed by atoms with Gasteiger partial charge in [-0.1, -0.05) is 36.4 Å². The molecule has 9 heteroatoms. The summed E-state index contributed by atoms with van der Waals surface area (Å²) in [6.07, 6.45) is 1.80. The van der Waals surface area contributed by atoms with Crippen LogP contribution in [0.5, 0.6) is 5.75 Å². The van der Waals surface area contributed by atoms with E-state index >= 15 is 0 Å². The maximum Gasteiger partial charge on any atom is 0.250 e. The van der Waals surface area contributed by atoms with Gasteiger partial charge in [-0.2, -0.15) is 0 Å². The van der Waals surface area contributed by atoms with Crippen LogP contribution in [-0.4, -0.2) is 41.4 Å². The molecule has 0 saturated carbocycles. The van der Waals surface area contributed by atoms with E-state index in [4.69, 9.17) is 21.7 Å². The number of aromatic nitrogens is 2. The van der Waals surface area contributed by atoms with Crippen LogP contribution in [0.3, 0.4) is 0 Å². The van der Waals surface area contributed by atoms with Crippen molar-refractivity contribution >= 4 is 34.6 Å². The number of thiocarbonyl (C=S) groups is 1. The summed E-state index contributed by atoms with van der Waals surface area (Å²) in [4.78, 5) is 19.2. The van der Waals surface area contributed by atoms with Crippen molar-refractivity contribution in [2.75, 3.05) is 31.0 Å². The summed E-state index contributed by atoms with van der Waals surface area (Å²) in [5.41, 5.74) is 6.97. The maximum absolute atomic E-state index is 12.4. The number of ether oxygens (including phenoxy) is 2. The Bertz CT molecular complexity index is 1510. The highest BCUT2D eigenvalue weighted by molar-refractivity contribution is 7.80. The number of hydrogen-bond donors (Lipinski definition) is 2. The molecule has 2 atom stereocenters. The van der Waals surface area contributed by atoms with Crippen molar-refractivity contribution in [3.8, 4) is 5.75 Å². The number of benzene rings is 2. The zero-order valence-electron chi connectivity index (χ0n) is 23.0. The van der Waals surface area contributed by atoms with E-state index in [2.05, 4.69) is 69.3 Å². The Morgan fingerprint density at radius 1 is 1.05 bits per heavy atom. The number of aryl methyl sites for hydroxylation is 1. The van der Waals surface area contributed by atoms with Gasteiger partial charge < -0.3 is 29.6 Å². The predicted molar refractivity (Wildman–Crippen MR) is 161 cm³/mol. The minimum Gasteiger partial charge on any atom is -0.495 e. The van der Waals surface area contributed by atoms with Gasteiger partial charge in [0.25, 0.3) is 0 Å². The average Bonchev–Trinajstić information content (AvgIpc) is 3.45. The Hall–Kier alpha value is -4.21. The number of amides is 1. The Kier molecular flexibility index (Phi) is 8.14. The highest BCUT2D eigenvalue weighted by Crippen LogP contribution is 2.44. The fraction of sp³-hybridized carbons (Fsp3) is 0.258. The van der Waals surface area contributed by atoms with Crippen molar-refractivity contribution in [2.24, 2.45) is 0 Å². The van der Waals surface area contributed by atoms with Gasteiger partial charge in [0.2, 0.25) is 5.91 Å². The lowest BCUT2D eigenvalue weighted by molar-refractivity contribution is -0.119. The number of hydrogen-bond acceptors (Lipinski definition) is 5.